The van der Waals surface area contributed by atoms with Gasteiger partial charge in [-0.1, -0.05) is 118 Å². The van der Waals surface area contributed by atoms with Crippen molar-refractivity contribution >= 4 is 5.57 Å². The lowest BCUT2D eigenvalue weighted by Gasteiger charge is -2.62. The van der Waals surface area contributed by atoms with E-state index in [1.54, 1.807) is 0 Å². The topological polar surface area (TPSA) is 0 Å². The molecule has 0 aliphatic heterocycles. The SMILES string of the molecule is C=C(C)C1=C(C)C[C@@]2(C)C[C@@]3(C)Cc4c(-c5ccc(CC(=C)C6=CC=CC6)cc5)ccc(C)c4C(=C)C3=C(C)[C@@]2(C)C1=C. The zero-order valence-electron chi connectivity index (χ0n) is 27.6. The Bertz CT molecular complexity index is 1760. The highest BCUT2D eigenvalue weighted by Crippen LogP contribution is 2.70. The van der Waals surface area contributed by atoms with E-state index in [1.165, 1.54) is 78.0 Å². The van der Waals surface area contributed by atoms with E-state index in [0.29, 0.717) is 0 Å². The second-order valence-electron chi connectivity index (χ2n) is 14.8. The largest absolute Gasteiger partial charge is 0.0955 e. The lowest BCUT2D eigenvalue weighted by Crippen LogP contribution is -2.52. The fraction of sp³-hybridized carbons (Fsp3) is 0.349. The summed E-state index contributed by atoms with van der Waals surface area (Å²) in [6.45, 7) is 34.9. The third-order valence-electron chi connectivity index (χ3n) is 11.7. The summed E-state index contributed by atoms with van der Waals surface area (Å²) in [4.78, 5) is 0. The third-order valence-corrected chi connectivity index (χ3v) is 11.7. The monoisotopic (exact) mass is 564 g/mol. The number of hydrogen-bond acceptors (Lipinski definition) is 0. The third kappa shape index (κ3) is 4.24. The lowest BCUT2D eigenvalue weighted by atomic mass is 9.41. The van der Waals surface area contributed by atoms with Gasteiger partial charge >= 0.3 is 0 Å². The summed E-state index contributed by atoms with van der Waals surface area (Å²) >= 11 is 0. The van der Waals surface area contributed by atoms with Crippen LogP contribution in [0.25, 0.3) is 16.7 Å². The van der Waals surface area contributed by atoms with Gasteiger partial charge in [0.25, 0.3) is 0 Å². The Kier molecular flexibility index (Phi) is 6.81. The average molecular weight is 565 g/mol. The van der Waals surface area contributed by atoms with Gasteiger partial charge in [0.15, 0.2) is 0 Å². The molecule has 0 saturated heterocycles. The standard InChI is InChI=1S/C43H48/c1-26(2)38-29(5)23-42(10)25-41(9)24-37-36(35-19-17-33(18-20-35)22-28(4)34-14-12-13-15-34)21-16-27(3)39(37)30(6)40(41)32(8)43(42,11)31(38)7/h12-14,16-21H,1,4,6-7,15,22-25H2,2-3,5,8-11H3/t41-,42+,43-/m1/s1. The predicted molar refractivity (Wildman–Crippen MR) is 187 cm³/mol. The van der Waals surface area contributed by atoms with Crippen LogP contribution in [0, 0.1) is 23.2 Å². The first-order chi connectivity index (χ1) is 20.2. The molecule has 2 aromatic carbocycles. The van der Waals surface area contributed by atoms with Gasteiger partial charge in [-0.25, -0.2) is 0 Å². The molecule has 0 unspecified atom stereocenters. The number of aryl methyl sites for hydroxylation is 1. The van der Waals surface area contributed by atoms with Crippen LogP contribution in [-0.4, -0.2) is 0 Å². The summed E-state index contributed by atoms with van der Waals surface area (Å²) in [5.41, 5.74) is 19.8. The normalized spacial score (nSPS) is 28.0. The Morgan fingerprint density at radius 3 is 2.23 bits per heavy atom. The summed E-state index contributed by atoms with van der Waals surface area (Å²) in [6, 6.07) is 13.9. The van der Waals surface area contributed by atoms with E-state index < -0.39 is 0 Å². The molecule has 0 saturated carbocycles. The smallest absolute Gasteiger partial charge is 0.0194 e. The zero-order valence-corrected chi connectivity index (χ0v) is 27.6. The van der Waals surface area contributed by atoms with Crippen molar-refractivity contribution in [1.82, 2.24) is 0 Å². The lowest BCUT2D eigenvalue weighted by molar-refractivity contribution is 0.0544. The number of rotatable bonds is 5. The molecule has 0 aromatic heterocycles. The summed E-state index contributed by atoms with van der Waals surface area (Å²) in [5.74, 6) is 0. The Hall–Kier alpha value is -3.64. The first-order valence-corrected chi connectivity index (χ1v) is 15.9. The van der Waals surface area contributed by atoms with Crippen LogP contribution >= 0.6 is 0 Å². The molecule has 0 radical (unpaired) electrons. The molecular formula is C43H48. The van der Waals surface area contributed by atoms with Crippen molar-refractivity contribution in [2.24, 2.45) is 16.2 Å². The number of fused-ring (bicyclic) bond motifs is 3. The van der Waals surface area contributed by atoms with Gasteiger partial charge in [-0.2, -0.15) is 0 Å². The molecule has 0 heterocycles. The molecule has 0 heteroatoms. The van der Waals surface area contributed by atoms with E-state index in [0.717, 1.165) is 37.7 Å². The minimum absolute atomic E-state index is 0.00692. The van der Waals surface area contributed by atoms with Crippen LogP contribution in [0.15, 0.2) is 126 Å². The molecule has 0 nitrogen and oxygen atoms in total. The highest BCUT2D eigenvalue weighted by atomic mass is 14.6. The van der Waals surface area contributed by atoms with Crippen molar-refractivity contribution in [3.05, 3.63) is 148 Å². The maximum absolute atomic E-state index is 4.86. The number of allylic oxidation sites excluding steroid dienone is 12. The first-order valence-electron chi connectivity index (χ1n) is 15.9. The molecule has 0 bridgehead atoms. The Labute approximate surface area is 260 Å². The van der Waals surface area contributed by atoms with E-state index in [2.05, 4.69) is 116 Å². The quantitative estimate of drug-likeness (QED) is 0.339. The molecular weight excluding hydrogens is 516 g/mol. The van der Waals surface area contributed by atoms with Gasteiger partial charge < -0.3 is 0 Å². The maximum Gasteiger partial charge on any atom is 0.0194 e. The molecule has 6 rings (SSSR count). The van der Waals surface area contributed by atoms with Crippen LogP contribution in [0.5, 0.6) is 0 Å². The van der Waals surface area contributed by atoms with E-state index in [9.17, 15) is 0 Å². The Morgan fingerprint density at radius 1 is 0.907 bits per heavy atom. The highest BCUT2D eigenvalue weighted by Gasteiger charge is 2.59. The van der Waals surface area contributed by atoms with Crippen molar-refractivity contribution in [1.29, 1.82) is 0 Å². The summed E-state index contributed by atoms with van der Waals surface area (Å²) in [6.07, 6.45) is 11.6. The second kappa shape index (κ2) is 9.95. The van der Waals surface area contributed by atoms with Crippen molar-refractivity contribution < 1.29 is 0 Å². The molecule has 4 aliphatic rings. The van der Waals surface area contributed by atoms with Gasteiger partial charge in [-0.3, -0.25) is 0 Å². The van der Waals surface area contributed by atoms with E-state index >= 15 is 0 Å². The van der Waals surface area contributed by atoms with Crippen LogP contribution in [0.3, 0.4) is 0 Å². The van der Waals surface area contributed by atoms with Crippen LogP contribution < -0.4 is 0 Å². The predicted octanol–water partition coefficient (Wildman–Crippen LogP) is 11.8. The van der Waals surface area contributed by atoms with Gasteiger partial charge in [0, 0.05) is 5.41 Å². The molecule has 0 fully saturated rings. The minimum atomic E-state index is -0.133. The fourth-order valence-electron chi connectivity index (χ4n) is 9.68. The first kappa shape index (κ1) is 29.4. The molecule has 4 aliphatic carbocycles. The number of hydrogen-bond donors (Lipinski definition) is 0. The van der Waals surface area contributed by atoms with Crippen LogP contribution in [0.1, 0.15) is 83.1 Å². The molecule has 0 N–H and O–H groups in total. The number of benzene rings is 2. The van der Waals surface area contributed by atoms with Crippen molar-refractivity contribution in [3.63, 3.8) is 0 Å². The maximum atomic E-state index is 4.86. The molecule has 0 spiro atoms. The second-order valence-corrected chi connectivity index (χ2v) is 14.8. The van der Waals surface area contributed by atoms with Crippen molar-refractivity contribution in [2.45, 2.75) is 80.6 Å². The molecule has 220 valence electrons. The van der Waals surface area contributed by atoms with Gasteiger partial charge in [-0.05, 0) is 137 Å². The van der Waals surface area contributed by atoms with Gasteiger partial charge in [0.05, 0.1) is 0 Å². The Morgan fingerprint density at radius 2 is 1.60 bits per heavy atom. The van der Waals surface area contributed by atoms with Crippen LogP contribution in [0.4, 0.5) is 0 Å². The van der Waals surface area contributed by atoms with Gasteiger partial charge in [0.1, 0.15) is 0 Å². The summed E-state index contributed by atoms with van der Waals surface area (Å²) in [7, 11) is 0. The molecule has 0 amide bonds. The molecule has 3 atom stereocenters. The zero-order chi connectivity index (χ0) is 31.1. The van der Waals surface area contributed by atoms with Crippen LogP contribution in [0.2, 0.25) is 0 Å². The van der Waals surface area contributed by atoms with Gasteiger partial charge in [-0.15, -0.1) is 0 Å². The van der Waals surface area contributed by atoms with Crippen LogP contribution in [-0.2, 0) is 12.8 Å². The fourth-order valence-corrected chi connectivity index (χ4v) is 9.68. The van der Waals surface area contributed by atoms with Crippen molar-refractivity contribution in [2.75, 3.05) is 0 Å². The van der Waals surface area contributed by atoms with Gasteiger partial charge in [0.2, 0.25) is 0 Å². The Balaban J connectivity index is 1.43. The molecule has 43 heavy (non-hydrogen) atoms. The molecule has 2 aromatic rings. The summed E-state index contributed by atoms with van der Waals surface area (Å²) in [5, 5.41) is 0. The van der Waals surface area contributed by atoms with E-state index in [4.69, 9.17) is 13.2 Å². The van der Waals surface area contributed by atoms with E-state index in [1.807, 2.05) is 0 Å². The van der Waals surface area contributed by atoms with E-state index in [-0.39, 0.29) is 16.2 Å². The summed E-state index contributed by atoms with van der Waals surface area (Å²) < 4.78 is 0. The average Bonchev–Trinajstić information content (AvgIpc) is 3.46. The minimum Gasteiger partial charge on any atom is -0.0955 e. The van der Waals surface area contributed by atoms with Crippen molar-refractivity contribution in [3.8, 4) is 11.1 Å². The highest BCUT2D eigenvalue weighted by molar-refractivity contribution is 5.90.